The molecule has 0 bridgehead atoms. The van der Waals surface area contributed by atoms with Gasteiger partial charge in [0.2, 0.25) is 0 Å². The quantitative estimate of drug-likeness (QED) is 0.759. The van der Waals surface area contributed by atoms with Crippen molar-refractivity contribution in [1.29, 1.82) is 5.26 Å². The van der Waals surface area contributed by atoms with Crippen LogP contribution in [0, 0.1) is 17.2 Å². The van der Waals surface area contributed by atoms with Gasteiger partial charge in [0.15, 0.2) is 0 Å². The Morgan fingerprint density at radius 2 is 2.38 bits per heavy atom. The normalized spacial score (nSPS) is 24.2. The maximum absolute atomic E-state index is 8.99. The first kappa shape index (κ1) is 11.1. The zero-order valence-corrected chi connectivity index (χ0v) is 9.85. The fraction of sp³-hybridized carbons (Fsp3) is 0.538. The van der Waals surface area contributed by atoms with E-state index in [0.717, 1.165) is 25.2 Å². The molecule has 1 aromatic rings. The van der Waals surface area contributed by atoms with Crippen LogP contribution in [0.15, 0.2) is 24.4 Å². The molecule has 1 saturated heterocycles. The first-order valence-corrected chi connectivity index (χ1v) is 5.66. The molecule has 1 aromatic heterocycles. The molecule has 3 nitrogen and oxygen atoms in total. The third kappa shape index (κ3) is 2.23. The van der Waals surface area contributed by atoms with Gasteiger partial charge in [-0.25, -0.2) is 0 Å². The lowest BCUT2D eigenvalue weighted by atomic mass is 9.97. The number of nitrogens with zero attached hydrogens (tertiary/aromatic N) is 3. The summed E-state index contributed by atoms with van der Waals surface area (Å²) in [7, 11) is 0. The largest absolute Gasteiger partial charge is 0.291 e. The first-order valence-electron chi connectivity index (χ1n) is 5.66. The second-order valence-electron chi connectivity index (χ2n) is 5.04. The molecule has 1 aliphatic heterocycles. The van der Waals surface area contributed by atoms with Gasteiger partial charge in [-0.2, -0.15) is 5.26 Å². The van der Waals surface area contributed by atoms with Gasteiger partial charge in [-0.3, -0.25) is 9.88 Å². The number of rotatable bonds is 2. The molecule has 1 unspecified atom stereocenters. The summed E-state index contributed by atoms with van der Waals surface area (Å²) in [6.45, 7) is 6.10. The van der Waals surface area contributed by atoms with Crippen LogP contribution in [0.25, 0.3) is 0 Å². The fourth-order valence-electron chi connectivity index (χ4n) is 2.36. The SMILES string of the molecule is CC1(C)CC(C#N)CN1Cc1ccccn1. The van der Waals surface area contributed by atoms with Gasteiger partial charge in [0.05, 0.1) is 17.7 Å². The van der Waals surface area contributed by atoms with Crippen LogP contribution in [0.2, 0.25) is 0 Å². The Morgan fingerprint density at radius 3 is 2.94 bits per heavy atom. The van der Waals surface area contributed by atoms with Crippen molar-refractivity contribution < 1.29 is 0 Å². The number of likely N-dealkylation sites (tertiary alicyclic amines) is 1. The van der Waals surface area contributed by atoms with Gasteiger partial charge in [0.25, 0.3) is 0 Å². The van der Waals surface area contributed by atoms with Crippen LogP contribution in [-0.4, -0.2) is 22.0 Å². The van der Waals surface area contributed by atoms with Crippen molar-refractivity contribution in [2.24, 2.45) is 5.92 Å². The average molecular weight is 215 g/mol. The Labute approximate surface area is 96.7 Å². The summed E-state index contributed by atoms with van der Waals surface area (Å²) in [6.07, 6.45) is 2.77. The summed E-state index contributed by atoms with van der Waals surface area (Å²) >= 11 is 0. The van der Waals surface area contributed by atoms with Gasteiger partial charge in [-0.1, -0.05) is 6.07 Å². The van der Waals surface area contributed by atoms with E-state index in [4.69, 9.17) is 5.26 Å². The summed E-state index contributed by atoms with van der Waals surface area (Å²) in [6, 6.07) is 8.35. The topological polar surface area (TPSA) is 39.9 Å². The Balaban J connectivity index is 2.09. The number of aromatic nitrogens is 1. The highest BCUT2D eigenvalue weighted by Crippen LogP contribution is 2.33. The molecule has 0 spiro atoms. The molecular formula is C13H17N3. The molecule has 0 aliphatic carbocycles. The molecule has 0 amide bonds. The van der Waals surface area contributed by atoms with Gasteiger partial charge in [0.1, 0.15) is 0 Å². The van der Waals surface area contributed by atoms with Crippen LogP contribution in [0.5, 0.6) is 0 Å². The lowest BCUT2D eigenvalue weighted by molar-refractivity contribution is 0.164. The molecule has 1 atom stereocenters. The van der Waals surface area contributed by atoms with Crippen molar-refractivity contribution in [3.63, 3.8) is 0 Å². The monoisotopic (exact) mass is 215 g/mol. The van der Waals surface area contributed by atoms with Gasteiger partial charge in [-0.05, 0) is 32.4 Å². The van der Waals surface area contributed by atoms with Crippen LogP contribution in [0.1, 0.15) is 26.0 Å². The standard InChI is InChI=1S/C13H17N3/c1-13(2)7-11(8-14)9-16(13)10-12-5-3-4-6-15-12/h3-6,11H,7,9-10H2,1-2H3. The highest BCUT2D eigenvalue weighted by atomic mass is 15.2. The van der Waals surface area contributed by atoms with Gasteiger partial charge >= 0.3 is 0 Å². The maximum Gasteiger partial charge on any atom is 0.0670 e. The Morgan fingerprint density at radius 1 is 1.56 bits per heavy atom. The van der Waals surface area contributed by atoms with Crippen LogP contribution in [0.4, 0.5) is 0 Å². The zero-order chi connectivity index (χ0) is 11.6. The van der Waals surface area contributed by atoms with E-state index in [2.05, 4.69) is 29.8 Å². The highest BCUT2D eigenvalue weighted by molar-refractivity contribution is 5.07. The van der Waals surface area contributed by atoms with Crippen molar-refractivity contribution in [3.8, 4) is 6.07 Å². The zero-order valence-electron chi connectivity index (χ0n) is 9.85. The van der Waals surface area contributed by atoms with E-state index in [0.29, 0.717) is 0 Å². The third-order valence-corrected chi connectivity index (χ3v) is 3.30. The minimum atomic E-state index is 0.109. The molecule has 2 rings (SSSR count). The number of pyridine rings is 1. The second-order valence-corrected chi connectivity index (χ2v) is 5.04. The van der Waals surface area contributed by atoms with Crippen molar-refractivity contribution in [3.05, 3.63) is 30.1 Å². The molecule has 84 valence electrons. The molecule has 3 heteroatoms. The van der Waals surface area contributed by atoms with Crippen molar-refractivity contribution in [2.75, 3.05) is 6.54 Å². The van der Waals surface area contributed by atoms with Crippen LogP contribution < -0.4 is 0 Å². The summed E-state index contributed by atoms with van der Waals surface area (Å²) in [5, 5.41) is 8.99. The molecule has 1 aliphatic rings. The molecule has 0 aromatic carbocycles. The lowest BCUT2D eigenvalue weighted by Crippen LogP contribution is -2.37. The lowest BCUT2D eigenvalue weighted by Gasteiger charge is -2.30. The maximum atomic E-state index is 8.99. The Kier molecular flexibility index (Phi) is 2.93. The molecule has 16 heavy (non-hydrogen) atoms. The minimum Gasteiger partial charge on any atom is -0.291 e. The third-order valence-electron chi connectivity index (χ3n) is 3.30. The fourth-order valence-corrected chi connectivity index (χ4v) is 2.36. The molecule has 0 N–H and O–H groups in total. The number of hydrogen-bond acceptors (Lipinski definition) is 3. The summed E-state index contributed by atoms with van der Waals surface area (Å²) in [5.74, 6) is 0.165. The smallest absolute Gasteiger partial charge is 0.0670 e. The first-order chi connectivity index (χ1) is 7.62. The van der Waals surface area contributed by atoms with Crippen molar-refractivity contribution >= 4 is 0 Å². The van der Waals surface area contributed by atoms with Gasteiger partial charge in [-0.15, -0.1) is 0 Å². The second kappa shape index (κ2) is 4.23. The van der Waals surface area contributed by atoms with Gasteiger partial charge < -0.3 is 0 Å². The van der Waals surface area contributed by atoms with E-state index >= 15 is 0 Å². The molecule has 0 radical (unpaired) electrons. The van der Waals surface area contributed by atoms with Crippen LogP contribution in [0.3, 0.4) is 0 Å². The highest BCUT2D eigenvalue weighted by Gasteiger charge is 2.38. The molecule has 0 saturated carbocycles. The van der Waals surface area contributed by atoms with Crippen LogP contribution >= 0.6 is 0 Å². The van der Waals surface area contributed by atoms with Crippen molar-refractivity contribution in [1.82, 2.24) is 9.88 Å². The summed E-state index contributed by atoms with van der Waals surface area (Å²) in [5.41, 5.74) is 1.19. The predicted molar refractivity (Wildman–Crippen MR) is 62.4 cm³/mol. The predicted octanol–water partition coefficient (Wildman–Crippen LogP) is 2.21. The van der Waals surface area contributed by atoms with E-state index in [1.807, 2.05) is 24.4 Å². The summed E-state index contributed by atoms with van der Waals surface area (Å²) < 4.78 is 0. The number of nitriles is 1. The number of hydrogen-bond donors (Lipinski definition) is 0. The summed E-state index contributed by atoms with van der Waals surface area (Å²) in [4.78, 5) is 6.68. The Bertz CT molecular complexity index is 391. The van der Waals surface area contributed by atoms with Crippen LogP contribution in [-0.2, 0) is 6.54 Å². The molecule has 2 heterocycles. The van der Waals surface area contributed by atoms with Crippen molar-refractivity contribution in [2.45, 2.75) is 32.4 Å². The van der Waals surface area contributed by atoms with E-state index in [1.165, 1.54) is 0 Å². The van der Waals surface area contributed by atoms with E-state index in [-0.39, 0.29) is 11.5 Å². The van der Waals surface area contributed by atoms with E-state index < -0.39 is 0 Å². The average Bonchev–Trinajstić information content (AvgIpc) is 2.55. The molecule has 1 fully saturated rings. The minimum absolute atomic E-state index is 0.109. The van der Waals surface area contributed by atoms with E-state index in [9.17, 15) is 0 Å². The molecular weight excluding hydrogens is 198 g/mol. The van der Waals surface area contributed by atoms with E-state index in [1.54, 1.807) is 0 Å². The van der Waals surface area contributed by atoms with Gasteiger partial charge in [0, 0.05) is 24.8 Å². The Hall–Kier alpha value is -1.40.